The molecule has 0 radical (unpaired) electrons. The number of esters is 1. The van der Waals surface area contributed by atoms with Crippen molar-refractivity contribution in [3.05, 3.63) is 67.7 Å². The maximum absolute atomic E-state index is 13.8. The smallest absolute Gasteiger partial charge is 0.338 e. The molecule has 5 rings (SSSR count). The second-order valence-electron chi connectivity index (χ2n) is 7.24. The van der Waals surface area contributed by atoms with Gasteiger partial charge >= 0.3 is 5.97 Å². The molecule has 0 aliphatic carbocycles. The molecule has 32 heavy (non-hydrogen) atoms. The van der Waals surface area contributed by atoms with E-state index in [1.54, 1.807) is 19.2 Å². The number of benzene rings is 1. The van der Waals surface area contributed by atoms with Gasteiger partial charge in [0.05, 0.1) is 12.2 Å². The lowest BCUT2D eigenvalue weighted by molar-refractivity contribution is -0.139. The normalized spacial score (nSPS) is 20.3. The first kappa shape index (κ1) is 20.9. The maximum atomic E-state index is 13.8. The Bertz CT molecular complexity index is 1210. The minimum absolute atomic E-state index is 0.0648. The van der Waals surface area contributed by atoms with E-state index in [-0.39, 0.29) is 18.3 Å². The molecule has 1 aromatic carbocycles. The molecule has 3 aromatic rings. The Morgan fingerprint density at radius 3 is 3.00 bits per heavy atom. The summed E-state index contributed by atoms with van der Waals surface area (Å²) in [6, 6.07) is 3.68. The van der Waals surface area contributed by atoms with Crippen LogP contribution < -0.4 is 0 Å². The number of nitrogens with one attached hydrogen (secondary N) is 1. The Kier molecular flexibility index (Phi) is 5.55. The van der Waals surface area contributed by atoms with Gasteiger partial charge in [0.25, 0.3) is 0 Å². The second-order valence-corrected chi connectivity index (χ2v) is 8.99. The number of allylic oxidation sites excluding steroid dienone is 1. The van der Waals surface area contributed by atoms with Gasteiger partial charge in [-0.2, -0.15) is 0 Å². The van der Waals surface area contributed by atoms with E-state index >= 15 is 0 Å². The van der Waals surface area contributed by atoms with Gasteiger partial charge in [-0.1, -0.05) is 22.0 Å². The highest BCUT2D eigenvalue weighted by Crippen LogP contribution is 2.45. The number of nitrogens with zero attached hydrogens (tertiary/aromatic N) is 6. The lowest BCUT2D eigenvalue weighted by atomic mass is 9.94. The number of halogens is 2. The molecule has 1 saturated heterocycles. The van der Waals surface area contributed by atoms with Gasteiger partial charge in [-0.05, 0) is 35.0 Å². The van der Waals surface area contributed by atoms with Crippen LogP contribution in [0.15, 0.2) is 50.5 Å². The van der Waals surface area contributed by atoms with Gasteiger partial charge in [0.1, 0.15) is 11.9 Å². The molecule has 0 saturated carbocycles. The third-order valence-corrected chi connectivity index (χ3v) is 6.84. The Morgan fingerprint density at radius 2 is 2.31 bits per heavy atom. The first-order valence-corrected chi connectivity index (χ1v) is 11.6. The highest BCUT2D eigenvalue weighted by atomic mass is 79.9. The van der Waals surface area contributed by atoms with Crippen LogP contribution in [-0.2, 0) is 9.53 Å². The average molecular weight is 518 g/mol. The van der Waals surface area contributed by atoms with E-state index in [9.17, 15) is 9.18 Å². The van der Waals surface area contributed by atoms with Crippen molar-refractivity contribution >= 4 is 39.1 Å². The van der Waals surface area contributed by atoms with Crippen molar-refractivity contribution in [3.8, 4) is 0 Å². The van der Waals surface area contributed by atoms with E-state index in [0.29, 0.717) is 40.2 Å². The molecular formula is C20H17BrFN7O2S. The van der Waals surface area contributed by atoms with E-state index in [0.717, 1.165) is 10.7 Å². The molecular weight excluding hydrogens is 501 g/mol. The zero-order valence-corrected chi connectivity index (χ0v) is 19.2. The maximum Gasteiger partial charge on any atom is 0.338 e. The number of ether oxygens (including phenoxy) is 1. The highest BCUT2D eigenvalue weighted by molar-refractivity contribution is 9.10. The standard InChI is InChI=1S/C20H17BrFN7O2S/c1-2-31-20(30)15-14-7-10(17-25-27-28-26-17)9-29(14)18(19-23-5-6-32-19)24-16(15)12-4-3-11(22)8-13(12)21/h3-6,8,10,16H,2,7,9H2,1H3,(H,25,26,27,28)/t10-,16+/m1/s1. The summed E-state index contributed by atoms with van der Waals surface area (Å²) < 4.78 is 19.7. The van der Waals surface area contributed by atoms with Crippen LogP contribution in [0.5, 0.6) is 0 Å². The number of H-pyrrole nitrogens is 1. The average Bonchev–Trinajstić information content (AvgIpc) is 3.54. The van der Waals surface area contributed by atoms with Crippen molar-refractivity contribution in [2.75, 3.05) is 13.2 Å². The minimum Gasteiger partial charge on any atom is -0.463 e. The summed E-state index contributed by atoms with van der Waals surface area (Å²) in [5, 5.41) is 16.9. The van der Waals surface area contributed by atoms with Crippen LogP contribution in [0.2, 0.25) is 0 Å². The molecule has 1 fully saturated rings. The molecule has 0 unspecified atom stereocenters. The SMILES string of the molecule is CCOC(=O)C1=C2C[C@@H](c3nnn[nH]3)CN2C(c2nccs2)=N[C@H]1c1ccc(F)cc1Br. The van der Waals surface area contributed by atoms with E-state index < -0.39 is 12.0 Å². The number of hydrogen-bond acceptors (Lipinski definition) is 9. The molecule has 2 aliphatic heterocycles. The summed E-state index contributed by atoms with van der Waals surface area (Å²) in [5.41, 5.74) is 1.88. The fourth-order valence-corrected chi connectivity index (χ4v) is 5.24. The van der Waals surface area contributed by atoms with Crippen molar-refractivity contribution in [2.45, 2.75) is 25.3 Å². The molecule has 164 valence electrons. The van der Waals surface area contributed by atoms with Gasteiger partial charge in [0, 0.05) is 40.6 Å². The molecule has 2 aliphatic rings. The first-order valence-electron chi connectivity index (χ1n) is 9.90. The summed E-state index contributed by atoms with van der Waals surface area (Å²) in [5.74, 6) is 0.385. The number of carbonyl (C=O) groups excluding carboxylic acids is 1. The van der Waals surface area contributed by atoms with Crippen molar-refractivity contribution < 1.29 is 13.9 Å². The van der Waals surface area contributed by atoms with Gasteiger partial charge in [0.15, 0.2) is 16.7 Å². The van der Waals surface area contributed by atoms with Crippen LogP contribution in [-0.4, -0.2) is 55.5 Å². The Labute approximate surface area is 194 Å². The molecule has 0 amide bonds. The van der Waals surface area contributed by atoms with Crippen molar-refractivity contribution in [1.29, 1.82) is 0 Å². The summed E-state index contributed by atoms with van der Waals surface area (Å²) >= 11 is 4.90. The van der Waals surface area contributed by atoms with Crippen molar-refractivity contribution in [2.24, 2.45) is 4.99 Å². The second kappa shape index (κ2) is 8.51. The monoisotopic (exact) mass is 517 g/mol. The molecule has 12 heteroatoms. The van der Waals surface area contributed by atoms with Crippen LogP contribution in [0.25, 0.3) is 0 Å². The number of amidine groups is 1. The quantitative estimate of drug-likeness (QED) is 0.516. The number of fused-ring (bicyclic) bond motifs is 1. The van der Waals surface area contributed by atoms with Crippen LogP contribution in [0.3, 0.4) is 0 Å². The van der Waals surface area contributed by atoms with Crippen LogP contribution >= 0.6 is 27.3 Å². The third kappa shape index (κ3) is 3.62. The number of carbonyl (C=O) groups is 1. The van der Waals surface area contributed by atoms with Gasteiger partial charge in [-0.25, -0.2) is 19.3 Å². The van der Waals surface area contributed by atoms with Crippen molar-refractivity contribution in [3.63, 3.8) is 0 Å². The Hall–Kier alpha value is -2.99. The van der Waals surface area contributed by atoms with E-state index in [1.165, 1.54) is 23.5 Å². The van der Waals surface area contributed by atoms with Gasteiger partial charge in [0.2, 0.25) is 0 Å². The summed E-state index contributed by atoms with van der Waals surface area (Å²) in [7, 11) is 0. The fourth-order valence-electron chi connectivity index (χ4n) is 4.04. The van der Waals surface area contributed by atoms with Gasteiger partial charge in [-0.15, -0.1) is 16.4 Å². The predicted octanol–water partition coefficient (Wildman–Crippen LogP) is 3.37. The van der Waals surface area contributed by atoms with E-state index in [4.69, 9.17) is 9.73 Å². The van der Waals surface area contributed by atoms with Crippen LogP contribution in [0.4, 0.5) is 4.39 Å². The van der Waals surface area contributed by atoms with E-state index in [1.807, 2.05) is 10.3 Å². The number of aromatic amines is 1. The predicted molar refractivity (Wildman–Crippen MR) is 117 cm³/mol. The summed E-state index contributed by atoms with van der Waals surface area (Å²) in [6.45, 7) is 2.52. The number of aliphatic imine (C=N–C) groups is 1. The number of rotatable bonds is 5. The lowest BCUT2D eigenvalue weighted by Gasteiger charge is -2.31. The van der Waals surface area contributed by atoms with E-state index in [2.05, 4.69) is 41.5 Å². The fraction of sp³-hybridized carbons (Fsp3) is 0.300. The summed E-state index contributed by atoms with van der Waals surface area (Å²) in [4.78, 5) is 24.5. The van der Waals surface area contributed by atoms with Crippen LogP contribution in [0.1, 0.15) is 41.7 Å². The molecule has 0 bridgehead atoms. The van der Waals surface area contributed by atoms with Gasteiger partial charge in [-0.3, -0.25) is 4.99 Å². The lowest BCUT2D eigenvalue weighted by Crippen LogP contribution is -2.35. The number of tetrazole rings is 1. The number of aromatic nitrogens is 5. The molecule has 2 aromatic heterocycles. The molecule has 2 atom stereocenters. The summed E-state index contributed by atoms with van der Waals surface area (Å²) in [6.07, 6.45) is 2.23. The first-order chi connectivity index (χ1) is 15.6. The molecule has 0 spiro atoms. The molecule has 4 heterocycles. The minimum atomic E-state index is -0.680. The molecule has 9 nitrogen and oxygen atoms in total. The van der Waals surface area contributed by atoms with Crippen LogP contribution in [0, 0.1) is 5.82 Å². The third-order valence-electron chi connectivity index (χ3n) is 5.38. The topological polar surface area (TPSA) is 109 Å². The Balaban J connectivity index is 1.69. The highest BCUT2D eigenvalue weighted by Gasteiger charge is 2.43. The Morgan fingerprint density at radius 1 is 1.44 bits per heavy atom. The molecule has 1 N–H and O–H groups in total. The number of thiazole rings is 1. The zero-order chi connectivity index (χ0) is 22.2. The number of hydrogen-bond donors (Lipinski definition) is 1. The largest absolute Gasteiger partial charge is 0.463 e. The zero-order valence-electron chi connectivity index (χ0n) is 16.8. The van der Waals surface area contributed by atoms with Crippen molar-refractivity contribution in [1.82, 2.24) is 30.5 Å². The van der Waals surface area contributed by atoms with Gasteiger partial charge < -0.3 is 9.64 Å².